The summed E-state index contributed by atoms with van der Waals surface area (Å²) < 4.78 is 5.27. The number of hydrogen-bond donors (Lipinski definition) is 2. The van der Waals surface area contributed by atoms with Gasteiger partial charge in [-0.25, -0.2) is 0 Å². The monoisotopic (exact) mass is 152 g/mol. The molecule has 3 heteroatoms. The van der Waals surface area contributed by atoms with Gasteiger partial charge < -0.3 is 15.5 Å². The lowest BCUT2D eigenvalue weighted by molar-refractivity contribution is 0.456. The van der Waals surface area contributed by atoms with Gasteiger partial charge in [0.2, 0.25) is 0 Å². The van der Waals surface area contributed by atoms with Crippen molar-refractivity contribution in [2.75, 3.05) is 13.1 Å². The van der Waals surface area contributed by atoms with Crippen LogP contribution in [0.1, 0.15) is 11.7 Å². The highest BCUT2D eigenvalue weighted by molar-refractivity contribution is 5.11. The molecule has 2 heterocycles. The first-order chi connectivity index (χ1) is 5.38. The molecule has 0 amide bonds. The summed E-state index contributed by atoms with van der Waals surface area (Å²) in [6.45, 7) is 1.83. The van der Waals surface area contributed by atoms with Gasteiger partial charge in [0.1, 0.15) is 5.76 Å². The van der Waals surface area contributed by atoms with Crippen molar-refractivity contribution < 1.29 is 4.42 Å². The first kappa shape index (κ1) is 6.88. The van der Waals surface area contributed by atoms with Crippen LogP contribution in [0.3, 0.4) is 0 Å². The van der Waals surface area contributed by atoms with Crippen LogP contribution >= 0.6 is 0 Å². The molecule has 11 heavy (non-hydrogen) atoms. The molecule has 60 valence electrons. The predicted octanol–water partition coefficient (Wildman–Crippen LogP) is 0.294. The molecule has 0 saturated carbocycles. The van der Waals surface area contributed by atoms with Crippen LogP contribution < -0.4 is 11.1 Å². The summed E-state index contributed by atoms with van der Waals surface area (Å²) in [6.07, 6.45) is 1.69. The maximum Gasteiger partial charge on any atom is 0.109 e. The van der Waals surface area contributed by atoms with Crippen LogP contribution in [-0.4, -0.2) is 19.1 Å². The van der Waals surface area contributed by atoms with E-state index in [1.165, 1.54) is 0 Å². The molecule has 0 spiro atoms. The van der Waals surface area contributed by atoms with Crippen LogP contribution in [0.5, 0.6) is 0 Å². The van der Waals surface area contributed by atoms with Crippen molar-refractivity contribution in [2.45, 2.75) is 12.0 Å². The average Bonchev–Trinajstić information content (AvgIpc) is 2.55. The maximum absolute atomic E-state index is 5.85. The summed E-state index contributed by atoms with van der Waals surface area (Å²) in [7, 11) is 0. The summed E-state index contributed by atoms with van der Waals surface area (Å²) in [5, 5.41) is 3.23. The Kier molecular flexibility index (Phi) is 1.68. The summed E-state index contributed by atoms with van der Waals surface area (Å²) >= 11 is 0. The third-order valence-corrected chi connectivity index (χ3v) is 2.17. The zero-order valence-corrected chi connectivity index (χ0v) is 6.29. The first-order valence-electron chi connectivity index (χ1n) is 3.87. The molecule has 1 aromatic rings. The lowest BCUT2D eigenvalue weighted by Crippen LogP contribution is -2.27. The van der Waals surface area contributed by atoms with Gasteiger partial charge in [-0.1, -0.05) is 0 Å². The molecule has 0 aliphatic carbocycles. The minimum Gasteiger partial charge on any atom is -0.469 e. The Morgan fingerprint density at radius 1 is 1.55 bits per heavy atom. The molecular formula is C8H12N2O. The molecule has 2 rings (SSSR count). The first-order valence-corrected chi connectivity index (χ1v) is 3.87. The van der Waals surface area contributed by atoms with Gasteiger partial charge >= 0.3 is 0 Å². The SMILES string of the molecule is N[C@H]1CNC[C@H]1c1ccco1. The number of rotatable bonds is 1. The Bertz CT molecular complexity index is 220. The van der Waals surface area contributed by atoms with Crippen LogP contribution in [0.25, 0.3) is 0 Å². The van der Waals surface area contributed by atoms with Gasteiger partial charge in [-0.05, 0) is 12.1 Å². The molecule has 0 bridgehead atoms. The van der Waals surface area contributed by atoms with Gasteiger partial charge in [-0.3, -0.25) is 0 Å². The van der Waals surface area contributed by atoms with E-state index in [0.717, 1.165) is 18.8 Å². The predicted molar refractivity (Wildman–Crippen MR) is 42.3 cm³/mol. The molecule has 1 fully saturated rings. The van der Waals surface area contributed by atoms with Gasteiger partial charge in [0.05, 0.1) is 6.26 Å². The van der Waals surface area contributed by atoms with E-state index >= 15 is 0 Å². The van der Waals surface area contributed by atoms with E-state index in [1.54, 1.807) is 6.26 Å². The van der Waals surface area contributed by atoms with Crippen molar-refractivity contribution in [1.82, 2.24) is 5.32 Å². The minimum absolute atomic E-state index is 0.209. The van der Waals surface area contributed by atoms with E-state index < -0.39 is 0 Å². The lowest BCUT2D eigenvalue weighted by atomic mass is 10.0. The molecule has 0 unspecified atom stereocenters. The molecule has 3 nitrogen and oxygen atoms in total. The Labute approximate surface area is 65.6 Å². The van der Waals surface area contributed by atoms with Crippen molar-refractivity contribution in [2.24, 2.45) is 5.73 Å². The van der Waals surface area contributed by atoms with Gasteiger partial charge in [-0.15, -0.1) is 0 Å². The maximum atomic E-state index is 5.85. The van der Waals surface area contributed by atoms with Crippen molar-refractivity contribution in [3.05, 3.63) is 24.2 Å². The summed E-state index contributed by atoms with van der Waals surface area (Å²) in [4.78, 5) is 0. The Morgan fingerprint density at radius 3 is 3.00 bits per heavy atom. The quantitative estimate of drug-likeness (QED) is 0.608. The van der Waals surface area contributed by atoms with E-state index in [9.17, 15) is 0 Å². The van der Waals surface area contributed by atoms with Crippen molar-refractivity contribution in [1.29, 1.82) is 0 Å². The van der Waals surface area contributed by atoms with Crippen LogP contribution in [0.2, 0.25) is 0 Å². The zero-order chi connectivity index (χ0) is 7.68. The van der Waals surface area contributed by atoms with Gasteiger partial charge in [-0.2, -0.15) is 0 Å². The lowest BCUT2D eigenvalue weighted by Gasteiger charge is -2.09. The fourth-order valence-corrected chi connectivity index (χ4v) is 1.51. The number of hydrogen-bond acceptors (Lipinski definition) is 3. The van der Waals surface area contributed by atoms with Gasteiger partial charge in [0.25, 0.3) is 0 Å². The van der Waals surface area contributed by atoms with Crippen LogP contribution in [-0.2, 0) is 0 Å². The Balaban J connectivity index is 2.16. The van der Waals surface area contributed by atoms with E-state index in [-0.39, 0.29) is 6.04 Å². The number of nitrogens with one attached hydrogen (secondary N) is 1. The van der Waals surface area contributed by atoms with Crippen LogP contribution in [0, 0.1) is 0 Å². The molecule has 3 N–H and O–H groups in total. The fourth-order valence-electron chi connectivity index (χ4n) is 1.51. The van der Waals surface area contributed by atoms with E-state index in [2.05, 4.69) is 5.32 Å². The van der Waals surface area contributed by atoms with Crippen LogP contribution in [0.4, 0.5) is 0 Å². The standard InChI is InChI=1S/C8H12N2O/c9-7-5-10-4-6(7)8-2-1-3-11-8/h1-3,6-7,10H,4-5,9H2/t6-,7+/m1/s1. The second-order valence-electron chi connectivity index (χ2n) is 2.94. The van der Waals surface area contributed by atoms with Crippen LogP contribution in [0.15, 0.2) is 22.8 Å². The molecule has 1 aliphatic rings. The summed E-state index contributed by atoms with van der Waals surface area (Å²) in [6, 6.07) is 4.10. The molecule has 1 saturated heterocycles. The molecule has 0 aromatic carbocycles. The highest BCUT2D eigenvalue weighted by Gasteiger charge is 2.26. The van der Waals surface area contributed by atoms with E-state index in [0.29, 0.717) is 5.92 Å². The van der Waals surface area contributed by atoms with Crippen molar-refractivity contribution in [3.8, 4) is 0 Å². The fraction of sp³-hybridized carbons (Fsp3) is 0.500. The molecular weight excluding hydrogens is 140 g/mol. The zero-order valence-electron chi connectivity index (χ0n) is 6.29. The van der Waals surface area contributed by atoms with Crippen molar-refractivity contribution >= 4 is 0 Å². The van der Waals surface area contributed by atoms with Crippen molar-refractivity contribution in [3.63, 3.8) is 0 Å². The Morgan fingerprint density at radius 2 is 2.45 bits per heavy atom. The van der Waals surface area contributed by atoms with Gasteiger partial charge in [0, 0.05) is 25.0 Å². The topological polar surface area (TPSA) is 51.2 Å². The third kappa shape index (κ3) is 1.17. The average molecular weight is 152 g/mol. The highest BCUT2D eigenvalue weighted by atomic mass is 16.3. The summed E-state index contributed by atoms with van der Waals surface area (Å²) in [5.41, 5.74) is 5.85. The Hall–Kier alpha value is -0.800. The summed E-state index contributed by atoms with van der Waals surface area (Å²) in [5.74, 6) is 1.37. The third-order valence-electron chi connectivity index (χ3n) is 2.17. The van der Waals surface area contributed by atoms with E-state index in [4.69, 9.17) is 10.2 Å². The minimum atomic E-state index is 0.209. The largest absolute Gasteiger partial charge is 0.469 e. The second kappa shape index (κ2) is 2.68. The number of furan rings is 1. The highest BCUT2D eigenvalue weighted by Crippen LogP contribution is 2.21. The smallest absolute Gasteiger partial charge is 0.109 e. The molecule has 1 aliphatic heterocycles. The van der Waals surface area contributed by atoms with E-state index in [1.807, 2.05) is 12.1 Å². The molecule has 1 aromatic heterocycles. The normalized spacial score (nSPS) is 31.0. The molecule has 2 atom stereocenters. The molecule has 0 radical (unpaired) electrons. The van der Waals surface area contributed by atoms with Gasteiger partial charge in [0.15, 0.2) is 0 Å². The number of nitrogens with two attached hydrogens (primary N) is 1. The second-order valence-corrected chi connectivity index (χ2v) is 2.94.